The minimum atomic E-state index is 0.880. The molecule has 0 aliphatic heterocycles. The van der Waals surface area contributed by atoms with Crippen molar-refractivity contribution in [1.29, 1.82) is 0 Å². The lowest BCUT2D eigenvalue weighted by Gasteiger charge is -2.33. The van der Waals surface area contributed by atoms with E-state index < -0.39 is 0 Å². The molecule has 1 nitrogen and oxygen atoms in total. The average molecular weight is 276 g/mol. The highest BCUT2D eigenvalue weighted by molar-refractivity contribution is 9.09. The average Bonchev–Trinajstić information content (AvgIpc) is 2.25. The van der Waals surface area contributed by atoms with Gasteiger partial charge in [0.25, 0.3) is 0 Å². The first kappa shape index (κ1) is 13.5. The zero-order chi connectivity index (χ0) is 11.1. The standard InChI is InChI=1S/C13H26BrN/c1-12-6-8-13(9-7-12)15(2)11-5-3-4-10-14/h12-13H,3-11H2,1-2H3. The van der Waals surface area contributed by atoms with Gasteiger partial charge in [-0.2, -0.15) is 0 Å². The Hall–Kier alpha value is 0.440. The maximum absolute atomic E-state index is 3.49. The molecule has 1 rings (SSSR count). The molecule has 90 valence electrons. The van der Waals surface area contributed by atoms with Crippen LogP contribution in [0.25, 0.3) is 0 Å². The second kappa shape index (κ2) is 7.67. The van der Waals surface area contributed by atoms with Crippen molar-refractivity contribution in [1.82, 2.24) is 4.90 Å². The van der Waals surface area contributed by atoms with Crippen molar-refractivity contribution >= 4 is 15.9 Å². The molecule has 0 heterocycles. The van der Waals surface area contributed by atoms with Gasteiger partial charge in [0.2, 0.25) is 0 Å². The summed E-state index contributed by atoms with van der Waals surface area (Å²) in [6.45, 7) is 3.69. The second-order valence-electron chi connectivity index (χ2n) is 5.14. The van der Waals surface area contributed by atoms with Crippen molar-refractivity contribution in [2.45, 2.75) is 57.9 Å². The van der Waals surface area contributed by atoms with Crippen molar-refractivity contribution in [3.63, 3.8) is 0 Å². The number of hydrogen-bond acceptors (Lipinski definition) is 1. The molecule has 0 aromatic carbocycles. The van der Waals surface area contributed by atoms with Gasteiger partial charge in [0, 0.05) is 11.4 Å². The van der Waals surface area contributed by atoms with Gasteiger partial charge in [0.1, 0.15) is 0 Å². The van der Waals surface area contributed by atoms with Crippen LogP contribution in [0.3, 0.4) is 0 Å². The van der Waals surface area contributed by atoms with Crippen molar-refractivity contribution < 1.29 is 0 Å². The maximum Gasteiger partial charge on any atom is 0.00924 e. The van der Waals surface area contributed by atoms with Crippen LogP contribution in [0.15, 0.2) is 0 Å². The Morgan fingerprint density at radius 2 is 1.73 bits per heavy atom. The fourth-order valence-electron chi connectivity index (χ4n) is 2.50. The van der Waals surface area contributed by atoms with Gasteiger partial charge in [-0.3, -0.25) is 0 Å². The van der Waals surface area contributed by atoms with Gasteiger partial charge in [-0.25, -0.2) is 0 Å². The highest BCUT2D eigenvalue weighted by atomic mass is 79.9. The van der Waals surface area contributed by atoms with Crippen molar-refractivity contribution in [3.05, 3.63) is 0 Å². The van der Waals surface area contributed by atoms with Crippen LogP contribution < -0.4 is 0 Å². The maximum atomic E-state index is 3.49. The smallest absolute Gasteiger partial charge is 0.00924 e. The van der Waals surface area contributed by atoms with E-state index in [4.69, 9.17) is 0 Å². The first-order valence-corrected chi connectivity index (χ1v) is 7.62. The van der Waals surface area contributed by atoms with E-state index >= 15 is 0 Å². The van der Waals surface area contributed by atoms with Gasteiger partial charge < -0.3 is 4.90 Å². The van der Waals surface area contributed by atoms with Crippen molar-refractivity contribution in [2.75, 3.05) is 18.9 Å². The molecule has 0 aromatic heterocycles. The van der Waals surface area contributed by atoms with E-state index in [0.717, 1.165) is 17.3 Å². The van der Waals surface area contributed by atoms with E-state index in [1.807, 2.05) is 0 Å². The minimum absolute atomic E-state index is 0.880. The lowest BCUT2D eigenvalue weighted by molar-refractivity contribution is 0.168. The molecular weight excluding hydrogens is 250 g/mol. The third kappa shape index (κ3) is 5.35. The molecule has 0 amide bonds. The molecule has 0 saturated heterocycles. The van der Waals surface area contributed by atoms with Crippen LogP contribution in [0.4, 0.5) is 0 Å². The second-order valence-corrected chi connectivity index (χ2v) is 5.94. The Labute approximate surface area is 104 Å². The molecule has 1 saturated carbocycles. The predicted molar refractivity (Wildman–Crippen MR) is 71.7 cm³/mol. The molecule has 1 fully saturated rings. The van der Waals surface area contributed by atoms with Crippen LogP contribution >= 0.6 is 15.9 Å². The Kier molecular flexibility index (Phi) is 6.91. The molecule has 15 heavy (non-hydrogen) atoms. The van der Waals surface area contributed by atoms with E-state index in [9.17, 15) is 0 Å². The number of rotatable bonds is 6. The van der Waals surface area contributed by atoms with Crippen LogP contribution in [0.5, 0.6) is 0 Å². The van der Waals surface area contributed by atoms with Crippen molar-refractivity contribution in [3.8, 4) is 0 Å². The molecule has 2 heteroatoms. The molecule has 0 unspecified atom stereocenters. The third-order valence-electron chi connectivity index (χ3n) is 3.75. The molecule has 0 aromatic rings. The number of halogens is 1. The SMILES string of the molecule is CC1CCC(N(C)CCCCCBr)CC1. The highest BCUT2D eigenvalue weighted by Crippen LogP contribution is 2.26. The quantitative estimate of drug-likeness (QED) is 0.522. The summed E-state index contributed by atoms with van der Waals surface area (Å²) in [5, 5.41) is 1.16. The van der Waals surface area contributed by atoms with Crippen LogP contribution in [-0.4, -0.2) is 29.9 Å². The summed E-state index contributed by atoms with van der Waals surface area (Å²) in [7, 11) is 2.31. The van der Waals surface area contributed by atoms with Crippen LogP contribution in [0.2, 0.25) is 0 Å². The summed E-state index contributed by atoms with van der Waals surface area (Å²) in [5.74, 6) is 0.975. The molecule has 0 atom stereocenters. The summed E-state index contributed by atoms with van der Waals surface area (Å²) < 4.78 is 0. The Balaban J connectivity index is 2.08. The predicted octanol–water partition coefficient (Wildman–Crippen LogP) is 4.06. The molecule has 0 bridgehead atoms. The summed E-state index contributed by atoms with van der Waals surface area (Å²) >= 11 is 3.49. The number of hydrogen-bond donors (Lipinski definition) is 0. The zero-order valence-electron chi connectivity index (χ0n) is 10.3. The van der Waals surface area contributed by atoms with E-state index in [1.54, 1.807) is 0 Å². The van der Waals surface area contributed by atoms with Gasteiger partial charge in [0.05, 0.1) is 0 Å². The van der Waals surface area contributed by atoms with Crippen LogP contribution in [0.1, 0.15) is 51.9 Å². The molecular formula is C13H26BrN. The molecule has 1 aliphatic rings. The summed E-state index contributed by atoms with van der Waals surface area (Å²) in [5.41, 5.74) is 0. The van der Waals surface area contributed by atoms with E-state index in [0.29, 0.717) is 0 Å². The lowest BCUT2D eigenvalue weighted by atomic mass is 9.87. The molecule has 1 aliphatic carbocycles. The molecule has 0 N–H and O–H groups in total. The monoisotopic (exact) mass is 275 g/mol. The topological polar surface area (TPSA) is 3.24 Å². The van der Waals surface area contributed by atoms with Gasteiger partial charge >= 0.3 is 0 Å². The zero-order valence-corrected chi connectivity index (χ0v) is 11.9. The van der Waals surface area contributed by atoms with Gasteiger partial charge in [0.15, 0.2) is 0 Å². The molecule has 0 spiro atoms. The summed E-state index contributed by atoms with van der Waals surface area (Å²) in [4.78, 5) is 2.60. The summed E-state index contributed by atoms with van der Waals surface area (Å²) in [6.07, 6.45) is 9.81. The van der Waals surface area contributed by atoms with Gasteiger partial charge in [-0.1, -0.05) is 29.3 Å². The highest BCUT2D eigenvalue weighted by Gasteiger charge is 2.20. The largest absolute Gasteiger partial charge is 0.303 e. The Bertz CT molecular complexity index is 153. The van der Waals surface area contributed by atoms with Crippen LogP contribution in [-0.2, 0) is 0 Å². The fraction of sp³-hybridized carbons (Fsp3) is 1.00. The normalized spacial score (nSPS) is 27.2. The van der Waals surface area contributed by atoms with Gasteiger partial charge in [-0.15, -0.1) is 0 Å². The first-order valence-electron chi connectivity index (χ1n) is 6.50. The Morgan fingerprint density at radius 1 is 1.07 bits per heavy atom. The molecule has 0 radical (unpaired) electrons. The third-order valence-corrected chi connectivity index (χ3v) is 4.31. The number of unbranched alkanes of at least 4 members (excludes halogenated alkanes) is 2. The first-order chi connectivity index (χ1) is 7.24. The van der Waals surface area contributed by atoms with Crippen molar-refractivity contribution in [2.24, 2.45) is 5.92 Å². The Morgan fingerprint density at radius 3 is 2.33 bits per heavy atom. The minimum Gasteiger partial charge on any atom is -0.303 e. The number of nitrogens with zero attached hydrogens (tertiary/aromatic N) is 1. The van der Waals surface area contributed by atoms with E-state index in [1.165, 1.54) is 51.5 Å². The lowest BCUT2D eigenvalue weighted by Crippen LogP contribution is -2.35. The fourth-order valence-corrected chi connectivity index (χ4v) is 2.89. The van der Waals surface area contributed by atoms with Gasteiger partial charge in [-0.05, 0) is 58.0 Å². The van der Waals surface area contributed by atoms with Crippen LogP contribution in [0, 0.1) is 5.92 Å². The number of alkyl halides is 1. The summed E-state index contributed by atoms with van der Waals surface area (Å²) in [6, 6.07) is 0.880. The van der Waals surface area contributed by atoms with E-state index in [2.05, 4.69) is 34.8 Å². The van der Waals surface area contributed by atoms with E-state index in [-0.39, 0.29) is 0 Å².